The number of amides is 1. The molecule has 21 heavy (non-hydrogen) atoms. The van der Waals surface area contributed by atoms with Gasteiger partial charge in [0.15, 0.2) is 5.13 Å². The van der Waals surface area contributed by atoms with Crippen molar-refractivity contribution in [2.75, 3.05) is 16.8 Å². The lowest BCUT2D eigenvalue weighted by Gasteiger charge is -2.28. The second kappa shape index (κ2) is 5.83. The average molecular weight is 302 g/mol. The first kappa shape index (κ1) is 14.0. The molecule has 0 saturated carbocycles. The molecule has 0 unspecified atom stereocenters. The predicted molar refractivity (Wildman–Crippen MR) is 86.2 cm³/mol. The van der Waals surface area contributed by atoms with Gasteiger partial charge in [-0.1, -0.05) is 26.0 Å². The molecule has 0 atom stereocenters. The molecular formula is C15H18N4OS. The highest BCUT2D eigenvalue weighted by atomic mass is 32.1. The van der Waals surface area contributed by atoms with Crippen molar-refractivity contribution in [3.63, 3.8) is 0 Å². The predicted octanol–water partition coefficient (Wildman–Crippen LogP) is 2.73. The summed E-state index contributed by atoms with van der Waals surface area (Å²) in [7, 11) is 0. The highest BCUT2D eigenvalue weighted by molar-refractivity contribution is 7.15. The summed E-state index contributed by atoms with van der Waals surface area (Å²) in [5.74, 6) is -0.00856. The lowest BCUT2D eigenvalue weighted by atomic mass is 10.2. The van der Waals surface area contributed by atoms with Gasteiger partial charge >= 0.3 is 0 Å². The van der Waals surface area contributed by atoms with Crippen LogP contribution in [0.15, 0.2) is 30.5 Å². The maximum absolute atomic E-state index is 11.8. The number of anilines is 3. The highest BCUT2D eigenvalue weighted by Gasteiger charge is 2.24. The van der Waals surface area contributed by atoms with Crippen LogP contribution < -0.4 is 15.5 Å². The van der Waals surface area contributed by atoms with Crippen LogP contribution in [0, 0.1) is 0 Å². The van der Waals surface area contributed by atoms with E-state index in [0.29, 0.717) is 12.6 Å². The van der Waals surface area contributed by atoms with E-state index in [1.165, 1.54) is 4.88 Å². The Morgan fingerprint density at radius 1 is 1.43 bits per heavy atom. The normalized spacial score (nSPS) is 14.2. The topological polar surface area (TPSA) is 57.3 Å². The first-order valence-corrected chi connectivity index (χ1v) is 7.79. The van der Waals surface area contributed by atoms with Gasteiger partial charge in [-0.15, -0.1) is 11.3 Å². The van der Waals surface area contributed by atoms with Crippen LogP contribution in [-0.2, 0) is 11.3 Å². The number of thiazole rings is 1. The Kier molecular flexibility index (Phi) is 3.90. The molecule has 0 saturated heterocycles. The van der Waals surface area contributed by atoms with Crippen LogP contribution in [0.5, 0.6) is 0 Å². The summed E-state index contributed by atoms with van der Waals surface area (Å²) in [4.78, 5) is 19.5. The average Bonchev–Trinajstić information content (AvgIpc) is 2.93. The van der Waals surface area contributed by atoms with Gasteiger partial charge in [0.25, 0.3) is 0 Å². The number of nitrogens with one attached hydrogen (secondary N) is 2. The molecule has 0 aliphatic carbocycles. The molecule has 2 aromatic rings. The number of para-hydroxylation sites is 2. The Morgan fingerprint density at radius 3 is 3.05 bits per heavy atom. The van der Waals surface area contributed by atoms with Crippen molar-refractivity contribution in [3.8, 4) is 0 Å². The molecule has 0 spiro atoms. The number of nitrogens with zero attached hydrogens (tertiary/aromatic N) is 2. The number of hydrogen-bond donors (Lipinski definition) is 2. The SMILES string of the molecule is CC(C)NCc1cnc(N2CC(=O)Nc3ccccc32)s1. The zero-order valence-electron chi connectivity index (χ0n) is 12.1. The molecule has 6 heteroatoms. The van der Waals surface area contributed by atoms with E-state index in [1.807, 2.05) is 35.4 Å². The molecule has 2 N–H and O–H groups in total. The van der Waals surface area contributed by atoms with E-state index in [0.717, 1.165) is 23.1 Å². The molecule has 2 heterocycles. The van der Waals surface area contributed by atoms with E-state index in [9.17, 15) is 4.79 Å². The van der Waals surface area contributed by atoms with Gasteiger partial charge in [-0.3, -0.25) is 4.79 Å². The lowest BCUT2D eigenvalue weighted by Crippen LogP contribution is -2.34. The van der Waals surface area contributed by atoms with Gasteiger partial charge in [-0.2, -0.15) is 0 Å². The summed E-state index contributed by atoms with van der Waals surface area (Å²) >= 11 is 1.62. The van der Waals surface area contributed by atoms with Crippen molar-refractivity contribution >= 4 is 33.8 Å². The van der Waals surface area contributed by atoms with E-state index in [1.54, 1.807) is 11.3 Å². The fourth-order valence-corrected chi connectivity index (χ4v) is 3.09. The van der Waals surface area contributed by atoms with Gasteiger partial charge in [0.2, 0.25) is 5.91 Å². The minimum atomic E-state index is -0.00856. The van der Waals surface area contributed by atoms with Crippen molar-refractivity contribution in [3.05, 3.63) is 35.3 Å². The summed E-state index contributed by atoms with van der Waals surface area (Å²) in [6.45, 7) is 5.35. The zero-order valence-corrected chi connectivity index (χ0v) is 12.9. The molecule has 0 radical (unpaired) electrons. The molecule has 1 aromatic heterocycles. The molecule has 1 aliphatic heterocycles. The molecule has 1 amide bonds. The number of aromatic nitrogens is 1. The quantitative estimate of drug-likeness (QED) is 0.912. The monoisotopic (exact) mass is 302 g/mol. The van der Waals surface area contributed by atoms with Crippen LogP contribution in [0.4, 0.5) is 16.5 Å². The van der Waals surface area contributed by atoms with Crippen molar-refractivity contribution < 1.29 is 4.79 Å². The number of benzene rings is 1. The fourth-order valence-electron chi connectivity index (χ4n) is 2.21. The number of fused-ring (bicyclic) bond motifs is 1. The maximum Gasteiger partial charge on any atom is 0.244 e. The summed E-state index contributed by atoms with van der Waals surface area (Å²) in [6.07, 6.45) is 1.88. The maximum atomic E-state index is 11.8. The fraction of sp³-hybridized carbons (Fsp3) is 0.333. The van der Waals surface area contributed by atoms with Crippen LogP contribution in [0.2, 0.25) is 0 Å². The minimum Gasteiger partial charge on any atom is -0.323 e. The van der Waals surface area contributed by atoms with E-state index < -0.39 is 0 Å². The van der Waals surface area contributed by atoms with Crippen molar-refractivity contribution in [2.24, 2.45) is 0 Å². The minimum absolute atomic E-state index is 0.00856. The van der Waals surface area contributed by atoms with Gasteiger partial charge < -0.3 is 15.5 Å². The van der Waals surface area contributed by atoms with Gasteiger partial charge in [0.1, 0.15) is 6.54 Å². The Morgan fingerprint density at radius 2 is 2.24 bits per heavy atom. The molecular weight excluding hydrogens is 284 g/mol. The second-order valence-electron chi connectivity index (χ2n) is 5.30. The number of hydrogen-bond acceptors (Lipinski definition) is 5. The van der Waals surface area contributed by atoms with Gasteiger partial charge in [0, 0.05) is 23.7 Å². The van der Waals surface area contributed by atoms with Gasteiger partial charge in [0.05, 0.1) is 11.4 Å². The summed E-state index contributed by atoms with van der Waals surface area (Å²) < 4.78 is 0. The largest absolute Gasteiger partial charge is 0.323 e. The third-order valence-corrected chi connectivity index (χ3v) is 4.25. The Labute approximate surface area is 128 Å². The highest BCUT2D eigenvalue weighted by Crippen LogP contribution is 2.36. The van der Waals surface area contributed by atoms with Crippen LogP contribution in [0.25, 0.3) is 0 Å². The van der Waals surface area contributed by atoms with Gasteiger partial charge in [-0.05, 0) is 12.1 Å². The summed E-state index contributed by atoms with van der Waals surface area (Å²) in [5.41, 5.74) is 1.83. The van der Waals surface area contributed by atoms with Crippen LogP contribution in [-0.4, -0.2) is 23.5 Å². The Hall–Kier alpha value is -1.92. The number of carbonyl (C=O) groups is 1. The lowest BCUT2D eigenvalue weighted by molar-refractivity contribution is -0.115. The smallest absolute Gasteiger partial charge is 0.244 e. The van der Waals surface area contributed by atoms with Gasteiger partial charge in [-0.25, -0.2) is 4.98 Å². The summed E-state index contributed by atoms with van der Waals surface area (Å²) in [5, 5.41) is 7.13. The number of rotatable bonds is 4. The van der Waals surface area contributed by atoms with E-state index in [-0.39, 0.29) is 5.91 Å². The van der Waals surface area contributed by atoms with E-state index >= 15 is 0 Å². The number of carbonyl (C=O) groups excluding carboxylic acids is 1. The molecule has 1 aliphatic rings. The van der Waals surface area contributed by atoms with Crippen LogP contribution in [0.3, 0.4) is 0 Å². The molecule has 5 nitrogen and oxygen atoms in total. The zero-order chi connectivity index (χ0) is 14.8. The van der Waals surface area contributed by atoms with E-state index in [2.05, 4.69) is 29.5 Å². The third-order valence-electron chi connectivity index (χ3n) is 3.23. The molecule has 3 rings (SSSR count). The van der Waals surface area contributed by atoms with Crippen molar-refractivity contribution in [1.82, 2.24) is 10.3 Å². The first-order valence-electron chi connectivity index (χ1n) is 6.98. The standard InChI is InChI=1S/C15H18N4OS/c1-10(2)16-7-11-8-17-15(21-11)19-9-14(20)18-12-5-3-4-6-13(12)19/h3-6,8,10,16H,7,9H2,1-2H3,(H,18,20). The molecule has 110 valence electrons. The Balaban J connectivity index is 1.85. The molecule has 0 bridgehead atoms. The third kappa shape index (κ3) is 3.06. The first-order chi connectivity index (χ1) is 10.1. The van der Waals surface area contributed by atoms with Crippen LogP contribution in [0.1, 0.15) is 18.7 Å². The van der Waals surface area contributed by atoms with Crippen molar-refractivity contribution in [2.45, 2.75) is 26.4 Å². The van der Waals surface area contributed by atoms with Crippen molar-refractivity contribution in [1.29, 1.82) is 0 Å². The molecule has 0 fully saturated rings. The molecule has 1 aromatic carbocycles. The van der Waals surface area contributed by atoms with Crippen LogP contribution >= 0.6 is 11.3 Å². The van der Waals surface area contributed by atoms with E-state index in [4.69, 9.17) is 0 Å². The Bertz CT molecular complexity index is 653. The summed E-state index contributed by atoms with van der Waals surface area (Å²) in [6, 6.07) is 8.24. The second-order valence-corrected chi connectivity index (χ2v) is 6.39.